The van der Waals surface area contributed by atoms with Crippen LogP contribution >= 0.6 is 0 Å². The normalized spacial score (nSPS) is 11.6. The van der Waals surface area contributed by atoms with Gasteiger partial charge in [-0.2, -0.15) is 13.5 Å². The van der Waals surface area contributed by atoms with Crippen molar-refractivity contribution in [2.24, 2.45) is 5.73 Å². The molecule has 0 atom stereocenters. The summed E-state index contributed by atoms with van der Waals surface area (Å²) >= 11 is 0. The molecule has 0 saturated carbocycles. The van der Waals surface area contributed by atoms with E-state index in [0.29, 0.717) is 16.9 Å². The van der Waals surface area contributed by atoms with E-state index in [1.165, 1.54) is 11.4 Å². The SMILES string of the molecule is CCc1ccc(N(C)S(=O)(=O)c2n[nH]c(C)c2CN)cc1. The molecule has 2 rings (SSSR count). The lowest BCUT2D eigenvalue weighted by atomic mass is 10.1. The fraction of sp³-hybridized carbons (Fsp3) is 0.357. The second-order valence-corrected chi connectivity index (χ2v) is 6.71. The maximum Gasteiger partial charge on any atom is 0.283 e. The van der Waals surface area contributed by atoms with Gasteiger partial charge in [0.2, 0.25) is 5.03 Å². The van der Waals surface area contributed by atoms with E-state index in [0.717, 1.165) is 12.0 Å². The van der Waals surface area contributed by atoms with Crippen LogP contribution in [0.25, 0.3) is 0 Å². The molecule has 0 aliphatic carbocycles. The van der Waals surface area contributed by atoms with Crippen LogP contribution in [0.3, 0.4) is 0 Å². The van der Waals surface area contributed by atoms with Crippen LogP contribution in [-0.4, -0.2) is 25.7 Å². The van der Waals surface area contributed by atoms with Crippen LogP contribution in [0.1, 0.15) is 23.7 Å². The highest BCUT2D eigenvalue weighted by Crippen LogP contribution is 2.24. The summed E-state index contributed by atoms with van der Waals surface area (Å²) in [7, 11) is -2.21. The fourth-order valence-electron chi connectivity index (χ4n) is 2.09. The first-order chi connectivity index (χ1) is 9.91. The molecule has 2 aromatic rings. The topological polar surface area (TPSA) is 92.1 Å². The van der Waals surface area contributed by atoms with Crippen molar-refractivity contribution in [3.63, 3.8) is 0 Å². The number of nitrogens with one attached hydrogen (secondary N) is 1. The molecule has 7 heteroatoms. The lowest BCUT2D eigenvalue weighted by Crippen LogP contribution is -2.28. The predicted molar refractivity (Wildman–Crippen MR) is 82.6 cm³/mol. The van der Waals surface area contributed by atoms with E-state index in [2.05, 4.69) is 17.1 Å². The molecule has 1 heterocycles. The molecular formula is C14H20N4O2S. The largest absolute Gasteiger partial charge is 0.326 e. The van der Waals surface area contributed by atoms with Gasteiger partial charge in [-0.3, -0.25) is 9.40 Å². The number of aryl methyl sites for hydroxylation is 2. The highest BCUT2D eigenvalue weighted by Gasteiger charge is 2.28. The summed E-state index contributed by atoms with van der Waals surface area (Å²) < 4.78 is 26.6. The van der Waals surface area contributed by atoms with Gasteiger partial charge in [0.1, 0.15) is 0 Å². The summed E-state index contributed by atoms with van der Waals surface area (Å²) in [6, 6.07) is 7.41. The van der Waals surface area contributed by atoms with Crippen molar-refractivity contribution in [1.82, 2.24) is 10.2 Å². The van der Waals surface area contributed by atoms with E-state index < -0.39 is 10.0 Å². The summed E-state index contributed by atoms with van der Waals surface area (Å²) in [5, 5.41) is 6.58. The van der Waals surface area contributed by atoms with Crippen LogP contribution in [0.2, 0.25) is 0 Å². The van der Waals surface area contributed by atoms with Crippen molar-refractivity contribution < 1.29 is 8.42 Å². The number of hydrogen-bond acceptors (Lipinski definition) is 4. The summed E-state index contributed by atoms with van der Waals surface area (Å²) in [6.45, 7) is 3.93. The highest BCUT2D eigenvalue weighted by atomic mass is 32.2. The minimum absolute atomic E-state index is 0.00966. The summed E-state index contributed by atoms with van der Waals surface area (Å²) in [5.74, 6) is 0. The van der Waals surface area contributed by atoms with E-state index in [4.69, 9.17) is 5.73 Å². The van der Waals surface area contributed by atoms with E-state index in [1.54, 1.807) is 19.1 Å². The Bertz CT molecular complexity index is 720. The highest BCUT2D eigenvalue weighted by molar-refractivity contribution is 7.92. The van der Waals surface area contributed by atoms with Gasteiger partial charge in [-0.1, -0.05) is 19.1 Å². The van der Waals surface area contributed by atoms with Gasteiger partial charge in [0.25, 0.3) is 10.0 Å². The van der Waals surface area contributed by atoms with Gasteiger partial charge in [-0.05, 0) is 31.0 Å². The Kier molecular flexibility index (Phi) is 4.34. The van der Waals surface area contributed by atoms with Gasteiger partial charge < -0.3 is 5.73 Å². The third-order valence-electron chi connectivity index (χ3n) is 3.55. The Hall–Kier alpha value is -1.86. The molecule has 0 amide bonds. The Morgan fingerprint density at radius 3 is 2.43 bits per heavy atom. The standard InChI is InChI=1S/C14H20N4O2S/c1-4-11-5-7-12(8-6-11)18(3)21(19,20)14-13(9-15)10(2)16-17-14/h5-8H,4,9,15H2,1-3H3,(H,16,17). The molecule has 1 aromatic carbocycles. The van der Waals surface area contributed by atoms with Crippen LogP contribution in [0.15, 0.2) is 29.3 Å². The second-order valence-electron chi connectivity index (χ2n) is 4.83. The van der Waals surface area contributed by atoms with Gasteiger partial charge in [0.15, 0.2) is 0 Å². The van der Waals surface area contributed by atoms with E-state index in [-0.39, 0.29) is 11.6 Å². The smallest absolute Gasteiger partial charge is 0.283 e. The van der Waals surface area contributed by atoms with Gasteiger partial charge in [0, 0.05) is 24.8 Å². The zero-order valence-electron chi connectivity index (χ0n) is 12.4. The molecule has 0 spiro atoms. The summed E-state index contributed by atoms with van der Waals surface area (Å²) in [5.41, 5.74) is 8.57. The molecule has 3 N–H and O–H groups in total. The Labute approximate surface area is 125 Å². The maximum absolute atomic E-state index is 12.7. The van der Waals surface area contributed by atoms with Crippen molar-refractivity contribution in [2.75, 3.05) is 11.4 Å². The first-order valence-electron chi connectivity index (χ1n) is 6.73. The van der Waals surface area contributed by atoms with Gasteiger partial charge in [-0.25, -0.2) is 0 Å². The van der Waals surface area contributed by atoms with Crippen LogP contribution in [0.4, 0.5) is 5.69 Å². The average Bonchev–Trinajstić information content (AvgIpc) is 2.88. The summed E-state index contributed by atoms with van der Waals surface area (Å²) in [4.78, 5) is 0. The molecule has 0 fully saturated rings. The molecule has 0 aliphatic rings. The lowest BCUT2D eigenvalue weighted by molar-refractivity contribution is 0.589. The third-order valence-corrected chi connectivity index (χ3v) is 5.31. The van der Waals surface area contributed by atoms with Crippen LogP contribution in [0, 0.1) is 6.92 Å². The lowest BCUT2D eigenvalue weighted by Gasteiger charge is -2.19. The Morgan fingerprint density at radius 2 is 1.90 bits per heavy atom. The number of nitrogens with zero attached hydrogens (tertiary/aromatic N) is 2. The number of nitrogens with two attached hydrogens (primary N) is 1. The zero-order valence-corrected chi connectivity index (χ0v) is 13.2. The molecule has 114 valence electrons. The van der Waals surface area contributed by atoms with E-state index in [9.17, 15) is 8.42 Å². The van der Waals surface area contributed by atoms with Gasteiger partial charge in [0.05, 0.1) is 5.69 Å². The fourth-order valence-corrected chi connectivity index (χ4v) is 3.46. The number of aromatic nitrogens is 2. The molecule has 0 bridgehead atoms. The number of hydrogen-bond donors (Lipinski definition) is 2. The van der Waals surface area contributed by atoms with Crippen molar-refractivity contribution >= 4 is 15.7 Å². The number of aromatic amines is 1. The molecule has 0 aliphatic heterocycles. The average molecular weight is 308 g/mol. The molecule has 1 aromatic heterocycles. The van der Waals surface area contributed by atoms with Gasteiger partial charge in [-0.15, -0.1) is 0 Å². The molecule has 0 saturated heterocycles. The molecule has 6 nitrogen and oxygen atoms in total. The number of sulfonamides is 1. The maximum atomic E-state index is 12.7. The Morgan fingerprint density at radius 1 is 1.29 bits per heavy atom. The third kappa shape index (κ3) is 2.79. The van der Waals surface area contributed by atoms with Crippen LogP contribution in [0.5, 0.6) is 0 Å². The monoisotopic (exact) mass is 308 g/mol. The van der Waals surface area contributed by atoms with Crippen molar-refractivity contribution in [3.05, 3.63) is 41.1 Å². The first kappa shape index (κ1) is 15.5. The van der Waals surface area contributed by atoms with Crippen molar-refractivity contribution in [1.29, 1.82) is 0 Å². The Balaban J connectivity index is 2.42. The molecule has 21 heavy (non-hydrogen) atoms. The minimum Gasteiger partial charge on any atom is -0.326 e. The second kappa shape index (κ2) is 5.87. The molecule has 0 radical (unpaired) electrons. The number of rotatable bonds is 5. The number of H-pyrrole nitrogens is 1. The number of benzene rings is 1. The summed E-state index contributed by atoms with van der Waals surface area (Å²) in [6.07, 6.45) is 0.909. The predicted octanol–water partition coefficient (Wildman–Crippen LogP) is 1.56. The van der Waals surface area contributed by atoms with E-state index >= 15 is 0 Å². The van der Waals surface area contributed by atoms with Gasteiger partial charge >= 0.3 is 0 Å². The van der Waals surface area contributed by atoms with Crippen LogP contribution < -0.4 is 10.0 Å². The minimum atomic E-state index is -3.72. The van der Waals surface area contributed by atoms with Crippen molar-refractivity contribution in [3.8, 4) is 0 Å². The molecular weight excluding hydrogens is 288 g/mol. The molecule has 0 unspecified atom stereocenters. The van der Waals surface area contributed by atoms with Crippen molar-refractivity contribution in [2.45, 2.75) is 31.8 Å². The quantitative estimate of drug-likeness (QED) is 0.877. The van der Waals surface area contributed by atoms with Crippen LogP contribution in [-0.2, 0) is 23.0 Å². The van der Waals surface area contributed by atoms with E-state index in [1.807, 2.05) is 12.1 Å². The first-order valence-corrected chi connectivity index (χ1v) is 8.17. The zero-order chi connectivity index (χ0) is 15.6. The number of anilines is 1.